The van der Waals surface area contributed by atoms with E-state index in [1.165, 1.54) is 6.42 Å². The fourth-order valence-corrected chi connectivity index (χ4v) is 6.92. The van der Waals surface area contributed by atoms with Gasteiger partial charge in [0.05, 0.1) is 22.5 Å². The summed E-state index contributed by atoms with van der Waals surface area (Å²) in [6.45, 7) is 7.48. The van der Waals surface area contributed by atoms with Crippen LogP contribution in [0.3, 0.4) is 0 Å². The van der Waals surface area contributed by atoms with Crippen molar-refractivity contribution in [3.05, 3.63) is 30.5 Å². The minimum absolute atomic E-state index is 0.00637. The Balaban J connectivity index is 0.000000204. The molecule has 2 saturated carbocycles. The van der Waals surface area contributed by atoms with Gasteiger partial charge in [-0.3, -0.25) is 4.79 Å². The van der Waals surface area contributed by atoms with Crippen LogP contribution in [0.2, 0.25) is 0 Å². The SMILES string of the molecule is CC(C)(C)Nc1ncc(-c2ccc(N3CCS(=O)(=O)CC3)cc2)s1.N#CC1(NC(=O)C2CCCCC2)CC1. The van der Waals surface area contributed by atoms with Gasteiger partial charge in [0.15, 0.2) is 15.0 Å². The van der Waals surface area contributed by atoms with Gasteiger partial charge >= 0.3 is 0 Å². The van der Waals surface area contributed by atoms with E-state index in [0.717, 1.165) is 59.8 Å². The van der Waals surface area contributed by atoms with Crippen molar-refractivity contribution < 1.29 is 13.2 Å². The monoisotopic (exact) mass is 557 g/mol. The van der Waals surface area contributed by atoms with Crippen LogP contribution in [0.15, 0.2) is 30.5 Å². The van der Waals surface area contributed by atoms with Crippen LogP contribution in [0, 0.1) is 17.2 Å². The molecule has 1 saturated heterocycles. The molecule has 0 bridgehead atoms. The van der Waals surface area contributed by atoms with Gasteiger partial charge in [-0.25, -0.2) is 13.4 Å². The van der Waals surface area contributed by atoms with Gasteiger partial charge in [0.1, 0.15) is 5.54 Å². The quantitative estimate of drug-likeness (QED) is 0.532. The number of hydrogen-bond acceptors (Lipinski definition) is 8. The standard InChI is InChI=1S/C17H23N3O2S2.C11H16N2O/c1-17(2,3)19-16-18-12-15(23-16)13-4-6-14(7-5-13)20-8-10-24(21,22)11-9-20;12-8-11(6-7-11)13-10(14)9-4-2-1-3-5-9/h4-7,12H,8-11H2,1-3H3,(H,18,19);9H,1-7H2,(H,13,14). The normalized spacial score (nSPS) is 20.4. The molecule has 5 rings (SSSR count). The first-order chi connectivity index (χ1) is 18.0. The summed E-state index contributed by atoms with van der Waals surface area (Å²) < 4.78 is 23.1. The molecule has 38 heavy (non-hydrogen) atoms. The average Bonchev–Trinajstić information content (AvgIpc) is 3.52. The zero-order chi connectivity index (χ0) is 27.4. The summed E-state index contributed by atoms with van der Waals surface area (Å²) >= 11 is 1.64. The summed E-state index contributed by atoms with van der Waals surface area (Å²) in [7, 11) is -2.84. The Morgan fingerprint density at radius 1 is 1.11 bits per heavy atom. The number of benzene rings is 1. The number of anilines is 2. The van der Waals surface area contributed by atoms with Crippen LogP contribution in [-0.2, 0) is 14.6 Å². The smallest absolute Gasteiger partial charge is 0.224 e. The minimum Gasteiger partial charge on any atom is -0.369 e. The molecular formula is C28H39N5O3S2. The fraction of sp³-hybridized carbons (Fsp3) is 0.607. The average molecular weight is 558 g/mol. The van der Waals surface area contributed by atoms with Gasteiger partial charge < -0.3 is 15.5 Å². The lowest BCUT2D eigenvalue weighted by molar-refractivity contribution is -0.126. The Kier molecular flexibility index (Phi) is 8.68. The molecule has 2 aromatic rings. The van der Waals surface area contributed by atoms with Gasteiger partial charge in [0, 0.05) is 36.4 Å². The lowest BCUT2D eigenvalue weighted by atomic mass is 9.88. The van der Waals surface area contributed by atoms with Gasteiger partial charge in [-0.15, -0.1) is 0 Å². The number of amides is 1. The first-order valence-corrected chi connectivity index (χ1v) is 16.1. The summed E-state index contributed by atoms with van der Waals surface area (Å²) in [4.78, 5) is 19.4. The Bertz CT molecular complexity index is 1230. The first kappa shape index (κ1) is 28.4. The minimum atomic E-state index is -2.84. The summed E-state index contributed by atoms with van der Waals surface area (Å²) in [5.74, 6) is 0.773. The van der Waals surface area contributed by atoms with Crippen molar-refractivity contribution in [1.29, 1.82) is 5.26 Å². The number of carbonyl (C=O) groups excluding carboxylic acids is 1. The maximum Gasteiger partial charge on any atom is 0.224 e. The number of nitrogens with one attached hydrogen (secondary N) is 2. The van der Waals surface area contributed by atoms with Crippen LogP contribution in [0.25, 0.3) is 10.4 Å². The third kappa shape index (κ3) is 7.93. The largest absolute Gasteiger partial charge is 0.369 e. The fourth-order valence-electron chi connectivity index (χ4n) is 4.69. The van der Waals surface area contributed by atoms with E-state index >= 15 is 0 Å². The molecule has 2 N–H and O–H groups in total. The highest BCUT2D eigenvalue weighted by atomic mass is 32.2. The molecule has 1 aromatic heterocycles. The highest BCUT2D eigenvalue weighted by Gasteiger charge is 2.45. The van der Waals surface area contributed by atoms with Crippen molar-refractivity contribution in [3.8, 4) is 16.5 Å². The van der Waals surface area contributed by atoms with Crippen molar-refractivity contribution in [1.82, 2.24) is 10.3 Å². The zero-order valence-corrected chi connectivity index (χ0v) is 24.3. The molecular weight excluding hydrogens is 518 g/mol. The van der Waals surface area contributed by atoms with E-state index in [4.69, 9.17) is 5.26 Å². The third-order valence-corrected chi connectivity index (χ3v) is 9.72. The molecule has 2 heterocycles. The molecule has 1 amide bonds. The molecule has 10 heteroatoms. The van der Waals surface area contributed by atoms with E-state index in [9.17, 15) is 13.2 Å². The second-order valence-electron chi connectivity index (χ2n) is 11.6. The molecule has 3 aliphatic rings. The molecule has 3 fully saturated rings. The maximum atomic E-state index is 11.8. The molecule has 206 valence electrons. The first-order valence-electron chi connectivity index (χ1n) is 13.5. The molecule has 0 atom stereocenters. The number of hydrogen-bond donors (Lipinski definition) is 2. The molecule has 0 radical (unpaired) electrons. The van der Waals surface area contributed by atoms with Crippen LogP contribution in [-0.4, -0.2) is 55.0 Å². The number of nitrogens with zero attached hydrogens (tertiary/aromatic N) is 3. The van der Waals surface area contributed by atoms with Crippen molar-refractivity contribution >= 4 is 37.9 Å². The van der Waals surface area contributed by atoms with Gasteiger partial charge in [0.25, 0.3) is 0 Å². The number of rotatable bonds is 5. The van der Waals surface area contributed by atoms with Crippen LogP contribution < -0.4 is 15.5 Å². The topological polar surface area (TPSA) is 115 Å². The van der Waals surface area contributed by atoms with Crippen molar-refractivity contribution in [2.75, 3.05) is 34.8 Å². The predicted molar refractivity (Wildman–Crippen MR) is 154 cm³/mol. The predicted octanol–water partition coefficient (Wildman–Crippen LogP) is 4.99. The molecule has 1 aromatic carbocycles. The molecule has 0 unspecified atom stereocenters. The van der Waals surface area contributed by atoms with Gasteiger partial charge in [-0.05, 0) is 64.2 Å². The van der Waals surface area contributed by atoms with Gasteiger partial charge in [-0.2, -0.15) is 5.26 Å². The second kappa shape index (κ2) is 11.6. The van der Waals surface area contributed by atoms with Crippen LogP contribution in [0.1, 0.15) is 65.7 Å². The van der Waals surface area contributed by atoms with Crippen LogP contribution >= 0.6 is 11.3 Å². The molecule has 1 aliphatic heterocycles. The summed E-state index contributed by atoms with van der Waals surface area (Å²) in [5.41, 5.74) is 1.72. The Hall–Kier alpha value is -2.64. The number of nitriles is 1. The Morgan fingerprint density at radius 2 is 1.74 bits per heavy atom. The van der Waals surface area contributed by atoms with E-state index in [1.807, 2.05) is 6.20 Å². The Labute approximate surface area is 230 Å². The highest BCUT2D eigenvalue weighted by molar-refractivity contribution is 7.91. The van der Waals surface area contributed by atoms with Crippen LogP contribution in [0.4, 0.5) is 10.8 Å². The zero-order valence-electron chi connectivity index (χ0n) is 22.6. The van der Waals surface area contributed by atoms with Gasteiger partial charge in [0.2, 0.25) is 5.91 Å². The number of carbonyl (C=O) groups is 1. The molecule has 8 nitrogen and oxygen atoms in total. The lowest BCUT2D eigenvalue weighted by Crippen LogP contribution is -2.40. The lowest BCUT2D eigenvalue weighted by Gasteiger charge is -2.28. The van der Waals surface area contributed by atoms with Crippen LogP contribution in [0.5, 0.6) is 0 Å². The third-order valence-electron chi connectivity index (χ3n) is 7.15. The van der Waals surface area contributed by atoms with E-state index < -0.39 is 15.4 Å². The van der Waals surface area contributed by atoms with E-state index in [-0.39, 0.29) is 28.9 Å². The summed E-state index contributed by atoms with van der Waals surface area (Å²) in [6, 6.07) is 10.5. The summed E-state index contributed by atoms with van der Waals surface area (Å²) in [5, 5.41) is 16.0. The Morgan fingerprint density at radius 3 is 2.29 bits per heavy atom. The molecule has 0 spiro atoms. The van der Waals surface area contributed by atoms with E-state index in [1.54, 1.807) is 11.3 Å². The number of aromatic nitrogens is 1. The highest BCUT2D eigenvalue weighted by Crippen LogP contribution is 2.35. The van der Waals surface area contributed by atoms with Crippen molar-refractivity contribution in [2.24, 2.45) is 5.92 Å². The number of sulfone groups is 1. The van der Waals surface area contributed by atoms with E-state index in [0.29, 0.717) is 13.1 Å². The van der Waals surface area contributed by atoms with E-state index in [2.05, 4.69) is 71.6 Å². The molecule has 2 aliphatic carbocycles. The number of thiazole rings is 1. The van der Waals surface area contributed by atoms with Crippen molar-refractivity contribution in [2.45, 2.75) is 76.8 Å². The van der Waals surface area contributed by atoms with Crippen molar-refractivity contribution in [3.63, 3.8) is 0 Å². The van der Waals surface area contributed by atoms with Gasteiger partial charge in [-0.1, -0.05) is 42.7 Å². The second-order valence-corrected chi connectivity index (χ2v) is 14.9. The summed E-state index contributed by atoms with van der Waals surface area (Å²) in [6.07, 6.45) is 9.16. The maximum absolute atomic E-state index is 11.8.